The summed E-state index contributed by atoms with van der Waals surface area (Å²) >= 11 is 1.46. The molecule has 9 heteroatoms. The lowest BCUT2D eigenvalue weighted by molar-refractivity contribution is -0.245. The highest BCUT2D eigenvalue weighted by atomic mass is 32.2. The first-order valence-corrected chi connectivity index (χ1v) is 15.6. The van der Waals surface area contributed by atoms with Crippen LogP contribution >= 0.6 is 11.8 Å². The molecule has 1 heterocycles. The van der Waals surface area contributed by atoms with Crippen LogP contribution in [0.4, 0.5) is 4.79 Å². The van der Waals surface area contributed by atoms with Crippen molar-refractivity contribution in [1.29, 1.82) is 0 Å². The summed E-state index contributed by atoms with van der Waals surface area (Å²) < 4.78 is 13.0. The number of nitrogens with one attached hydrogen (secondary N) is 2. The number of amides is 2. The zero-order chi connectivity index (χ0) is 30.9. The molecular weight excluding hydrogens is 576 g/mol. The molecule has 3 atom stereocenters. The van der Waals surface area contributed by atoms with Gasteiger partial charge >= 0.3 is 12.0 Å². The number of carboxylic acids is 1. The Balaban J connectivity index is 1.35. The van der Waals surface area contributed by atoms with Crippen LogP contribution in [0, 0.1) is 0 Å². The van der Waals surface area contributed by atoms with Crippen LogP contribution in [0.15, 0.2) is 102 Å². The van der Waals surface area contributed by atoms with Gasteiger partial charge in [0.1, 0.15) is 0 Å². The summed E-state index contributed by atoms with van der Waals surface area (Å²) in [6.07, 6.45) is -0.483. The van der Waals surface area contributed by atoms with Crippen LogP contribution in [0.5, 0.6) is 0 Å². The number of hydrogen-bond acceptors (Lipinski definition) is 6. The number of carboxylic acid groups (broad SMARTS) is 1. The highest BCUT2D eigenvalue weighted by molar-refractivity contribution is 7.99. The Hall–Kier alpha value is -4.15. The lowest BCUT2D eigenvalue weighted by Gasteiger charge is -2.36. The average molecular weight is 613 g/mol. The van der Waals surface area contributed by atoms with Gasteiger partial charge in [0.2, 0.25) is 0 Å². The summed E-state index contributed by atoms with van der Waals surface area (Å²) in [4.78, 5) is 24.4. The Bertz CT molecular complexity index is 1560. The van der Waals surface area contributed by atoms with Crippen molar-refractivity contribution in [2.45, 2.75) is 49.9 Å². The lowest BCUT2D eigenvalue weighted by atomic mass is 9.98. The molecule has 0 spiro atoms. The summed E-state index contributed by atoms with van der Waals surface area (Å²) in [5, 5.41) is 24.8. The number of thioether (sulfide) groups is 1. The van der Waals surface area contributed by atoms with E-state index in [1.165, 1.54) is 11.8 Å². The van der Waals surface area contributed by atoms with E-state index in [2.05, 4.69) is 10.6 Å². The molecule has 8 nitrogen and oxygen atoms in total. The molecule has 0 radical (unpaired) electrons. The highest BCUT2D eigenvalue weighted by Gasteiger charge is 2.32. The molecule has 3 unspecified atom stereocenters. The van der Waals surface area contributed by atoms with Crippen molar-refractivity contribution in [2.75, 3.05) is 12.3 Å². The third kappa shape index (κ3) is 7.86. The van der Waals surface area contributed by atoms with Crippen LogP contribution in [0.1, 0.15) is 58.4 Å². The summed E-state index contributed by atoms with van der Waals surface area (Å²) in [5.74, 6) is -0.401. The molecule has 0 bridgehead atoms. The van der Waals surface area contributed by atoms with Crippen molar-refractivity contribution in [3.8, 4) is 11.1 Å². The smallest absolute Gasteiger partial charge is 0.336 e. The van der Waals surface area contributed by atoms with E-state index in [0.29, 0.717) is 30.2 Å². The van der Waals surface area contributed by atoms with Crippen LogP contribution in [0.2, 0.25) is 0 Å². The van der Waals surface area contributed by atoms with Crippen LogP contribution < -0.4 is 10.6 Å². The van der Waals surface area contributed by atoms with E-state index in [0.717, 1.165) is 33.4 Å². The van der Waals surface area contributed by atoms with E-state index < -0.39 is 12.3 Å². The molecule has 1 aliphatic heterocycles. The van der Waals surface area contributed by atoms with Gasteiger partial charge in [-0.1, -0.05) is 84.9 Å². The molecule has 44 heavy (non-hydrogen) atoms. The average Bonchev–Trinajstić information content (AvgIpc) is 3.07. The Labute approximate surface area is 261 Å². The number of aliphatic hydroxyl groups is 1. The fraction of sp³-hybridized carbons (Fsp3) is 0.257. The van der Waals surface area contributed by atoms with Crippen molar-refractivity contribution in [3.63, 3.8) is 0 Å². The van der Waals surface area contributed by atoms with Gasteiger partial charge in [0.15, 0.2) is 6.29 Å². The van der Waals surface area contributed by atoms with E-state index in [1.807, 2.05) is 91.9 Å². The van der Waals surface area contributed by atoms with Crippen molar-refractivity contribution < 1.29 is 29.3 Å². The third-order valence-corrected chi connectivity index (χ3v) is 8.65. The maximum atomic E-state index is 12.0. The molecule has 0 aliphatic carbocycles. The molecule has 1 saturated heterocycles. The highest BCUT2D eigenvalue weighted by Crippen LogP contribution is 2.40. The molecule has 0 saturated carbocycles. The number of urea groups is 1. The van der Waals surface area contributed by atoms with Crippen molar-refractivity contribution in [2.24, 2.45) is 0 Å². The molecule has 4 N–H and O–H groups in total. The van der Waals surface area contributed by atoms with Gasteiger partial charge in [-0.15, -0.1) is 11.8 Å². The third-order valence-electron chi connectivity index (χ3n) is 7.45. The number of carbonyl (C=O) groups excluding carboxylic acids is 1. The van der Waals surface area contributed by atoms with Crippen LogP contribution in [0.25, 0.3) is 11.1 Å². The van der Waals surface area contributed by atoms with Gasteiger partial charge in [0.25, 0.3) is 0 Å². The minimum atomic E-state index is -0.956. The van der Waals surface area contributed by atoms with Gasteiger partial charge in [-0.25, -0.2) is 9.59 Å². The first-order valence-electron chi connectivity index (χ1n) is 14.6. The zero-order valence-electron chi connectivity index (χ0n) is 24.4. The standard InChI is InChI=1S/C35H36N2O6S/c1-2-36-35(41)37-20-27-7-3-4-8-29(27)24-15-17-26(18-16-24)34-42-28(22-44-32-10-6-5-9-30(32)33(39)40)19-31(43-34)25-13-11-23(21-38)12-14-25/h3-18,28,31,34,38H,2,19-22H2,1H3,(H,39,40)(H2,36,37,41). The quantitative estimate of drug-likeness (QED) is 0.139. The van der Waals surface area contributed by atoms with Gasteiger partial charge in [0.05, 0.1) is 24.4 Å². The number of rotatable bonds is 11. The zero-order valence-corrected chi connectivity index (χ0v) is 25.3. The number of benzene rings is 4. The second-order valence-electron chi connectivity index (χ2n) is 10.5. The number of aliphatic hydroxyl groups excluding tert-OH is 1. The summed E-state index contributed by atoms with van der Waals surface area (Å²) in [7, 11) is 0. The van der Waals surface area contributed by atoms with E-state index in [4.69, 9.17) is 9.47 Å². The van der Waals surface area contributed by atoms with Crippen LogP contribution in [-0.4, -0.2) is 40.6 Å². The van der Waals surface area contributed by atoms with E-state index in [-0.39, 0.29) is 30.4 Å². The van der Waals surface area contributed by atoms with Crippen molar-refractivity contribution in [3.05, 3.63) is 125 Å². The van der Waals surface area contributed by atoms with Crippen molar-refractivity contribution >= 4 is 23.8 Å². The molecule has 4 aromatic carbocycles. The Kier molecular flexibility index (Phi) is 10.7. The maximum absolute atomic E-state index is 12.0. The second-order valence-corrected chi connectivity index (χ2v) is 11.5. The SMILES string of the molecule is CCNC(=O)NCc1ccccc1-c1ccc(C2OC(CSc3ccccc3C(=O)O)CC(c3ccc(CO)cc3)O2)cc1. The molecule has 228 valence electrons. The fourth-order valence-corrected chi connectivity index (χ4v) is 6.21. The second kappa shape index (κ2) is 15.0. The predicted molar refractivity (Wildman–Crippen MR) is 170 cm³/mol. The van der Waals surface area contributed by atoms with Gasteiger partial charge < -0.3 is 30.3 Å². The van der Waals surface area contributed by atoms with Gasteiger partial charge in [-0.3, -0.25) is 0 Å². The Morgan fingerprint density at radius 1 is 0.864 bits per heavy atom. The molecule has 1 fully saturated rings. The number of carbonyl (C=O) groups is 2. The Morgan fingerprint density at radius 2 is 1.57 bits per heavy atom. The number of aromatic carboxylic acids is 1. The number of ether oxygens (including phenoxy) is 2. The number of hydrogen-bond donors (Lipinski definition) is 4. The van der Waals surface area contributed by atoms with Crippen LogP contribution in [0.3, 0.4) is 0 Å². The molecule has 4 aromatic rings. The summed E-state index contributed by atoms with van der Waals surface area (Å²) in [6.45, 7) is 2.81. The van der Waals surface area contributed by atoms with E-state index >= 15 is 0 Å². The first kappa shape index (κ1) is 31.3. The lowest BCUT2D eigenvalue weighted by Crippen LogP contribution is -2.34. The minimum Gasteiger partial charge on any atom is -0.478 e. The van der Waals surface area contributed by atoms with Crippen molar-refractivity contribution in [1.82, 2.24) is 10.6 Å². The van der Waals surface area contributed by atoms with E-state index in [9.17, 15) is 19.8 Å². The topological polar surface area (TPSA) is 117 Å². The van der Waals surface area contributed by atoms with Gasteiger partial charge in [-0.2, -0.15) is 0 Å². The summed E-state index contributed by atoms with van der Waals surface area (Å²) in [6, 6.07) is 30.5. The van der Waals surface area contributed by atoms with E-state index in [1.54, 1.807) is 12.1 Å². The predicted octanol–water partition coefficient (Wildman–Crippen LogP) is 6.70. The molecule has 0 aromatic heterocycles. The molecule has 2 amide bonds. The normalized spacial score (nSPS) is 18.0. The maximum Gasteiger partial charge on any atom is 0.336 e. The Morgan fingerprint density at radius 3 is 2.30 bits per heavy atom. The van der Waals surface area contributed by atoms with Crippen LogP contribution in [-0.2, 0) is 22.6 Å². The summed E-state index contributed by atoms with van der Waals surface area (Å²) in [5.41, 5.74) is 5.98. The van der Waals surface area contributed by atoms with Gasteiger partial charge in [0, 0.05) is 35.7 Å². The largest absolute Gasteiger partial charge is 0.478 e. The minimum absolute atomic E-state index is 0.0305. The molecule has 1 aliphatic rings. The first-order chi connectivity index (χ1) is 21.4. The fourth-order valence-electron chi connectivity index (χ4n) is 5.15. The van der Waals surface area contributed by atoms with Gasteiger partial charge in [-0.05, 0) is 46.9 Å². The molecular formula is C35H36N2O6S. The molecule has 5 rings (SSSR count). The monoisotopic (exact) mass is 612 g/mol.